The number of ether oxygens (including phenoxy) is 1. The van der Waals surface area contributed by atoms with Gasteiger partial charge in [-0.05, 0) is 60.8 Å². The Hall–Kier alpha value is -1.02. The minimum absolute atomic E-state index is 0.349. The molecule has 1 aliphatic rings. The minimum Gasteiger partial charge on any atom is -0.490 e. The van der Waals surface area contributed by atoms with Crippen LogP contribution in [0.3, 0.4) is 0 Å². The van der Waals surface area contributed by atoms with Crippen LogP contribution in [-0.4, -0.2) is 6.10 Å². The smallest absolute Gasteiger partial charge is 0.120 e. The highest BCUT2D eigenvalue weighted by Crippen LogP contribution is 2.40. The van der Waals surface area contributed by atoms with Crippen molar-refractivity contribution in [2.24, 2.45) is 17.1 Å². The molecule has 2 N–H and O–H groups in total. The van der Waals surface area contributed by atoms with Gasteiger partial charge < -0.3 is 10.5 Å². The van der Waals surface area contributed by atoms with E-state index in [1.807, 2.05) is 0 Å². The van der Waals surface area contributed by atoms with Crippen molar-refractivity contribution in [2.45, 2.75) is 59.6 Å². The summed E-state index contributed by atoms with van der Waals surface area (Å²) in [5.41, 5.74) is 8.52. The molecule has 0 bridgehead atoms. The Labute approximate surface area is 117 Å². The van der Waals surface area contributed by atoms with Gasteiger partial charge in [-0.1, -0.05) is 26.8 Å². The van der Waals surface area contributed by atoms with Crippen LogP contribution >= 0.6 is 0 Å². The summed E-state index contributed by atoms with van der Waals surface area (Å²) >= 11 is 0. The van der Waals surface area contributed by atoms with Gasteiger partial charge in [-0.15, -0.1) is 0 Å². The molecule has 0 saturated heterocycles. The zero-order valence-electron chi connectivity index (χ0n) is 12.7. The van der Waals surface area contributed by atoms with Gasteiger partial charge >= 0.3 is 0 Å². The second-order valence-electron chi connectivity index (χ2n) is 6.95. The molecule has 0 radical (unpaired) electrons. The van der Waals surface area contributed by atoms with E-state index >= 15 is 0 Å². The van der Waals surface area contributed by atoms with Gasteiger partial charge in [0.2, 0.25) is 0 Å². The van der Waals surface area contributed by atoms with Gasteiger partial charge in [-0.25, -0.2) is 0 Å². The topological polar surface area (TPSA) is 35.2 Å². The summed E-state index contributed by atoms with van der Waals surface area (Å²) in [5, 5.41) is 0. The van der Waals surface area contributed by atoms with Gasteiger partial charge in [0, 0.05) is 6.54 Å². The summed E-state index contributed by atoms with van der Waals surface area (Å²) in [5.74, 6) is 1.74. The van der Waals surface area contributed by atoms with Crippen molar-refractivity contribution in [2.75, 3.05) is 0 Å². The Morgan fingerprint density at radius 2 is 2.05 bits per heavy atom. The van der Waals surface area contributed by atoms with Crippen LogP contribution in [0, 0.1) is 18.3 Å². The van der Waals surface area contributed by atoms with Crippen LogP contribution in [-0.2, 0) is 6.54 Å². The SMILES string of the molecule is Cc1cc(OC2CC(C)CC(C)(C)C2)ccc1CN. The van der Waals surface area contributed by atoms with Crippen molar-refractivity contribution < 1.29 is 4.74 Å². The van der Waals surface area contributed by atoms with Crippen LogP contribution in [0.2, 0.25) is 0 Å². The number of rotatable bonds is 3. The zero-order chi connectivity index (χ0) is 14.0. The fraction of sp³-hybridized carbons (Fsp3) is 0.647. The maximum atomic E-state index is 6.20. The number of nitrogens with two attached hydrogens (primary N) is 1. The van der Waals surface area contributed by atoms with Crippen molar-refractivity contribution >= 4 is 0 Å². The molecule has 2 atom stereocenters. The molecule has 0 amide bonds. The summed E-state index contributed by atoms with van der Waals surface area (Å²) in [7, 11) is 0. The highest BCUT2D eigenvalue weighted by atomic mass is 16.5. The molecule has 1 saturated carbocycles. The van der Waals surface area contributed by atoms with Crippen molar-refractivity contribution in [3.05, 3.63) is 29.3 Å². The predicted molar refractivity (Wildman–Crippen MR) is 80.3 cm³/mol. The van der Waals surface area contributed by atoms with E-state index in [-0.39, 0.29) is 0 Å². The van der Waals surface area contributed by atoms with Crippen molar-refractivity contribution in [1.82, 2.24) is 0 Å². The van der Waals surface area contributed by atoms with E-state index in [1.54, 1.807) is 0 Å². The van der Waals surface area contributed by atoms with Crippen molar-refractivity contribution in [3.63, 3.8) is 0 Å². The van der Waals surface area contributed by atoms with Crippen LogP contribution in [0.15, 0.2) is 18.2 Å². The van der Waals surface area contributed by atoms with E-state index in [4.69, 9.17) is 10.5 Å². The standard InChI is InChI=1S/C17H27NO/c1-12-7-16(10-17(3,4)9-12)19-15-6-5-14(11-18)13(2)8-15/h5-6,8,12,16H,7,9-11,18H2,1-4H3. The molecule has 0 aliphatic heterocycles. The minimum atomic E-state index is 0.349. The molecule has 0 spiro atoms. The molecule has 0 aromatic heterocycles. The van der Waals surface area contributed by atoms with Crippen LogP contribution in [0.5, 0.6) is 5.75 Å². The molecular formula is C17H27NO. The first-order valence-corrected chi connectivity index (χ1v) is 7.36. The third-order valence-electron chi connectivity index (χ3n) is 4.18. The van der Waals surface area contributed by atoms with Crippen molar-refractivity contribution in [3.8, 4) is 5.75 Å². The molecule has 2 rings (SSSR count). The summed E-state index contributed by atoms with van der Waals surface area (Å²) < 4.78 is 6.20. The lowest BCUT2D eigenvalue weighted by molar-refractivity contribution is 0.0562. The number of benzene rings is 1. The van der Waals surface area contributed by atoms with Gasteiger partial charge in [0.1, 0.15) is 5.75 Å². The first kappa shape index (κ1) is 14.4. The molecule has 1 aliphatic carbocycles. The number of hydrogen-bond acceptors (Lipinski definition) is 2. The summed E-state index contributed by atoms with van der Waals surface area (Å²) in [6.45, 7) is 9.73. The van der Waals surface area contributed by atoms with Gasteiger partial charge in [0.15, 0.2) is 0 Å². The summed E-state index contributed by atoms with van der Waals surface area (Å²) in [6, 6.07) is 6.26. The van der Waals surface area contributed by atoms with Crippen LogP contribution in [0.25, 0.3) is 0 Å². The molecule has 2 unspecified atom stereocenters. The van der Waals surface area contributed by atoms with Gasteiger partial charge in [0.25, 0.3) is 0 Å². The third-order valence-corrected chi connectivity index (χ3v) is 4.18. The fourth-order valence-electron chi connectivity index (χ4n) is 3.51. The van der Waals surface area contributed by atoms with Crippen LogP contribution < -0.4 is 10.5 Å². The molecule has 1 aromatic rings. The predicted octanol–water partition coefficient (Wildman–Crippen LogP) is 4.05. The molecule has 2 nitrogen and oxygen atoms in total. The quantitative estimate of drug-likeness (QED) is 0.891. The van der Waals surface area contributed by atoms with E-state index in [2.05, 4.69) is 45.9 Å². The van der Waals surface area contributed by atoms with Gasteiger partial charge in [-0.2, -0.15) is 0 Å². The average Bonchev–Trinajstić information content (AvgIpc) is 2.26. The zero-order valence-corrected chi connectivity index (χ0v) is 12.7. The molecule has 1 aromatic carbocycles. The van der Waals surface area contributed by atoms with E-state index in [0.717, 1.165) is 18.1 Å². The lowest BCUT2D eigenvalue weighted by Gasteiger charge is -2.38. The second-order valence-corrected chi connectivity index (χ2v) is 6.95. The fourth-order valence-corrected chi connectivity index (χ4v) is 3.51. The lowest BCUT2D eigenvalue weighted by atomic mass is 9.71. The second kappa shape index (κ2) is 5.54. The Kier molecular flexibility index (Phi) is 4.19. The molecule has 2 heteroatoms. The molecule has 0 heterocycles. The van der Waals surface area contributed by atoms with Crippen LogP contribution in [0.1, 0.15) is 51.2 Å². The van der Waals surface area contributed by atoms with Gasteiger partial charge in [0.05, 0.1) is 6.10 Å². The lowest BCUT2D eigenvalue weighted by Crippen LogP contribution is -2.34. The Morgan fingerprint density at radius 3 is 2.63 bits per heavy atom. The normalized spacial score (nSPS) is 26.2. The number of aryl methyl sites for hydroxylation is 1. The average molecular weight is 261 g/mol. The van der Waals surface area contributed by atoms with Gasteiger partial charge in [-0.3, -0.25) is 0 Å². The third kappa shape index (κ3) is 3.73. The van der Waals surface area contributed by atoms with Crippen molar-refractivity contribution in [1.29, 1.82) is 0 Å². The largest absolute Gasteiger partial charge is 0.490 e. The van der Waals surface area contributed by atoms with E-state index < -0.39 is 0 Å². The molecule has 1 fully saturated rings. The Morgan fingerprint density at radius 1 is 1.32 bits per heavy atom. The van der Waals surface area contributed by atoms with E-state index in [1.165, 1.54) is 24.0 Å². The Balaban J connectivity index is 2.06. The monoisotopic (exact) mass is 261 g/mol. The first-order chi connectivity index (χ1) is 8.89. The summed E-state index contributed by atoms with van der Waals surface area (Å²) in [4.78, 5) is 0. The number of hydrogen-bond donors (Lipinski definition) is 1. The molecule has 106 valence electrons. The molecule has 19 heavy (non-hydrogen) atoms. The maximum Gasteiger partial charge on any atom is 0.120 e. The maximum absolute atomic E-state index is 6.20. The van der Waals surface area contributed by atoms with E-state index in [0.29, 0.717) is 18.1 Å². The Bertz CT molecular complexity index is 439. The highest BCUT2D eigenvalue weighted by Gasteiger charge is 2.33. The highest BCUT2D eigenvalue weighted by molar-refractivity contribution is 5.34. The summed E-state index contributed by atoms with van der Waals surface area (Å²) in [6.07, 6.45) is 3.97. The van der Waals surface area contributed by atoms with E-state index in [9.17, 15) is 0 Å². The molecular weight excluding hydrogens is 234 g/mol. The van der Waals surface area contributed by atoms with Crippen LogP contribution in [0.4, 0.5) is 0 Å². The first-order valence-electron chi connectivity index (χ1n) is 7.36.